The van der Waals surface area contributed by atoms with Crippen molar-refractivity contribution in [2.45, 2.75) is 37.6 Å². The molecule has 0 bridgehead atoms. The molecule has 3 nitrogen and oxygen atoms in total. The summed E-state index contributed by atoms with van der Waals surface area (Å²) >= 11 is 3.35. The monoisotopic (exact) mass is 255 g/mol. The van der Waals surface area contributed by atoms with Gasteiger partial charge in [-0.1, -0.05) is 19.3 Å². The highest BCUT2D eigenvalue weighted by atomic mass is 79.9. The molecule has 0 amide bonds. The first-order valence-corrected chi connectivity index (χ1v) is 5.78. The van der Waals surface area contributed by atoms with Gasteiger partial charge in [0.05, 0.1) is 5.54 Å². The number of hydrogen-bond donors (Lipinski definition) is 1. The van der Waals surface area contributed by atoms with Crippen LogP contribution in [0.1, 0.15) is 37.9 Å². The molecule has 1 aliphatic carbocycles. The van der Waals surface area contributed by atoms with Gasteiger partial charge in [0.15, 0.2) is 0 Å². The maximum absolute atomic E-state index is 6.30. The molecule has 0 radical (unpaired) electrons. The Labute approximate surface area is 92.3 Å². The van der Waals surface area contributed by atoms with Crippen molar-refractivity contribution in [3.05, 3.63) is 22.7 Å². The van der Waals surface area contributed by atoms with Crippen LogP contribution >= 0.6 is 15.9 Å². The third-order valence-corrected chi connectivity index (χ3v) is 3.25. The quantitative estimate of drug-likeness (QED) is 0.785. The molecular weight excluding hydrogens is 242 g/mol. The zero-order valence-corrected chi connectivity index (χ0v) is 9.63. The van der Waals surface area contributed by atoms with E-state index in [0.29, 0.717) is 0 Å². The van der Waals surface area contributed by atoms with Crippen LogP contribution in [-0.4, -0.2) is 9.97 Å². The Kier molecular flexibility index (Phi) is 2.83. The van der Waals surface area contributed by atoms with E-state index in [1.165, 1.54) is 19.3 Å². The number of rotatable bonds is 1. The van der Waals surface area contributed by atoms with E-state index >= 15 is 0 Å². The van der Waals surface area contributed by atoms with Crippen molar-refractivity contribution in [1.82, 2.24) is 9.97 Å². The second kappa shape index (κ2) is 3.95. The normalized spacial score (nSPS) is 20.7. The van der Waals surface area contributed by atoms with Crippen LogP contribution < -0.4 is 5.73 Å². The molecule has 0 saturated heterocycles. The molecule has 1 saturated carbocycles. The molecule has 14 heavy (non-hydrogen) atoms. The standard InChI is InChI=1S/C10H14BrN3/c11-8-4-7-13-9(14-8)10(12)5-2-1-3-6-10/h4,7H,1-3,5-6,12H2. The molecule has 1 fully saturated rings. The van der Waals surface area contributed by atoms with E-state index < -0.39 is 0 Å². The van der Waals surface area contributed by atoms with Gasteiger partial charge in [0.1, 0.15) is 10.4 Å². The van der Waals surface area contributed by atoms with Gasteiger partial charge in [-0.25, -0.2) is 9.97 Å². The summed E-state index contributed by atoms with van der Waals surface area (Å²) in [6.07, 6.45) is 7.42. The predicted molar refractivity (Wildman–Crippen MR) is 58.7 cm³/mol. The lowest BCUT2D eigenvalue weighted by Crippen LogP contribution is -2.40. The molecule has 2 rings (SSSR count). The predicted octanol–water partition coefficient (Wildman–Crippen LogP) is 2.36. The fraction of sp³-hybridized carbons (Fsp3) is 0.600. The van der Waals surface area contributed by atoms with Crippen LogP contribution in [0.4, 0.5) is 0 Å². The fourth-order valence-corrected chi connectivity index (χ4v) is 2.27. The van der Waals surface area contributed by atoms with Crippen molar-refractivity contribution in [2.75, 3.05) is 0 Å². The summed E-state index contributed by atoms with van der Waals surface area (Å²) in [6.45, 7) is 0. The zero-order chi connectivity index (χ0) is 10.0. The highest BCUT2D eigenvalue weighted by Gasteiger charge is 2.32. The summed E-state index contributed by atoms with van der Waals surface area (Å²) in [7, 11) is 0. The van der Waals surface area contributed by atoms with Gasteiger partial charge in [0.2, 0.25) is 0 Å². The van der Waals surface area contributed by atoms with Crippen molar-refractivity contribution < 1.29 is 0 Å². The molecule has 0 atom stereocenters. The fourth-order valence-electron chi connectivity index (χ4n) is 1.98. The summed E-state index contributed by atoms with van der Waals surface area (Å²) in [4.78, 5) is 8.62. The second-order valence-electron chi connectivity index (χ2n) is 3.92. The lowest BCUT2D eigenvalue weighted by molar-refractivity contribution is 0.286. The van der Waals surface area contributed by atoms with Crippen molar-refractivity contribution in [3.8, 4) is 0 Å². The Balaban J connectivity index is 2.28. The van der Waals surface area contributed by atoms with E-state index in [2.05, 4.69) is 25.9 Å². The number of aromatic nitrogens is 2. The van der Waals surface area contributed by atoms with Crippen LogP contribution in [0.5, 0.6) is 0 Å². The average Bonchev–Trinajstić information content (AvgIpc) is 2.19. The number of halogens is 1. The lowest BCUT2D eigenvalue weighted by Gasteiger charge is -2.31. The minimum atomic E-state index is -0.290. The SMILES string of the molecule is NC1(c2nccc(Br)n2)CCCCC1. The first-order chi connectivity index (χ1) is 6.71. The topological polar surface area (TPSA) is 51.8 Å². The van der Waals surface area contributed by atoms with Crippen molar-refractivity contribution in [1.29, 1.82) is 0 Å². The summed E-state index contributed by atoms with van der Waals surface area (Å²) < 4.78 is 0.817. The van der Waals surface area contributed by atoms with Gasteiger partial charge in [0, 0.05) is 6.20 Å². The largest absolute Gasteiger partial charge is 0.319 e. The lowest BCUT2D eigenvalue weighted by atomic mass is 9.82. The minimum Gasteiger partial charge on any atom is -0.319 e. The van der Waals surface area contributed by atoms with Crippen LogP contribution in [-0.2, 0) is 5.54 Å². The second-order valence-corrected chi connectivity index (χ2v) is 4.73. The van der Waals surface area contributed by atoms with E-state index in [1.807, 2.05) is 6.07 Å². The number of nitrogens with zero attached hydrogens (tertiary/aromatic N) is 2. The van der Waals surface area contributed by atoms with E-state index in [0.717, 1.165) is 23.3 Å². The summed E-state index contributed by atoms with van der Waals surface area (Å²) in [5, 5.41) is 0. The van der Waals surface area contributed by atoms with Crippen molar-refractivity contribution >= 4 is 15.9 Å². The Morgan fingerprint density at radius 2 is 2.00 bits per heavy atom. The van der Waals surface area contributed by atoms with Gasteiger partial charge in [-0.05, 0) is 34.8 Å². The van der Waals surface area contributed by atoms with Crippen LogP contribution in [0, 0.1) is 0 Å². The smallest absolute Gasteiger partial charge is 0.149 e. The Bertz CT molecular complexity index is 321. The zero-order valence-electron chi connectivity index (χ0n) is 8.04. The third-order valence-electron chi connectivity index (χ3n) is 2.81. The van der Waals surface area contributed by atoms with Crippen LogP contribution in [0.25, 0.3) is 0 Å². The highest BCUT2D eigenvalue weighted by molar-refractivity contribution is 9.10. The molecule has 4 heteroatoms. The van der Waals surface area contributed by atoms with Crippen molar-refractivity contribution in [2.24, 2.45) is 5.73 Å². The minimum absolute atomic E-state index is 0.290. The third kappa shape index (κ3) is 1.96. The van der Waals surface area contributed by atoms with Crippen molar-refractivity contribution in [3.63, 3.8) is 0 Å². The molecular formula is C10H14BrN3. The number of nitrogens with two attached hydrogens (primary N) is 1. The van der Waals surface area contributed by atoms with E-state index in [1.54, 1.807) is 6.20 Å². The molecule has 1 aromatic rings. The van der Waals surface area contributed by atoms with Gasteiger partial charge in [-0.15, -0.1) is 0 Å². The summed E-state index contributed by atoms with van der Waals surface area (Å²) in [6, 6.07) is 1.83. The maximum atomic E-state index is 6.30. The van der Waals surface area contributed by atoms with Gasteiger partial charge >= 0.3 is 0 Å². The van der Waals surface area contributed by atoms with Gasteiger partial charge in [-0.3, -0.25) is 0 Å². The van der Waals surface area contributed by atoms with E-state index in [9.17, 15) is 0 Å². The Hall–Kier alpha value is -0.480. The van der Waals surface area contributed by atoms with Crippen LogP contribution in [0.2, 0.25) is 0 Å². The first-order valence-electron chi connectivity index (χ1n) is 4.99. The van der Waals surface area contributed by atoms with Gasteiger partial charge in [0.25, 0.3) is 0 Å². The maximum Gasteiger partial charge on any atom is 0.149 e. The van der Waals surface area contributed by atoms with E-state index in [4.69, 9.17) is 5.73 Å². The highest BCUT2D eigenvalue weighted by Crippen LogP contribution is 2.32. The Morgan fingerprint density at radius 1 is 1.29 bits per heavy atom. The molecule has 1 heterocycles. The molecule has 2 N–H and O–H groups in total. The van der Waals surface area contributed by atoms with Gasteiger partial charge in [-0.2, -0.15) is 0 Å². The summed E-state index contributed by atoms with van der Waals surface area (Å²) in [5.74, 6) is 0.784. The average molecular weight is 256 g/mol. The van der Waals surface area contributed by atoms with Crippen LogP contribution in [0.15, 0.2) is 16.9 Å². The molecule has 0 aliphatic heterocycles. The van der Waals surface area contributed by atoms with Gasteiger partial charge < -0.3 is 5.73 Å². The number of hydrogen-bond acceptors (Lipinski definition) is 3. The molecule has 0 spiro atoms. The Morgan fingerprint density at radius 3 is 2.64 bits per heavy atom. The first kappa shape index (κ1) is 10.1. The van der Waals surface area contributed by atoms with E-state index in [-0.39, 0.29) is 5.54 Å². The molecule has 1 aromatic heterocycles. The molecule has 0 unspecified atom stereocenters. The molecule has 1 aliphatic rings. The van der Waals surface area contributed by atoms with Crippen LogP contribution in [0.3, 0.4) is 0 Å². The molecule has 76 valence electrons. The molecule has 0 aromatic carbocycles. The summed E-state index contributed by atoms with van der Waals surface area (Å²) in [5.41, 5.74) is 6.01.